The van der Waals surface area contributed by atoms with Crippen molar-refractivity contribution in [2.45, 2.75) is 6.18 Å². The predicted molar refractivity (Wildman–Crippen MR) is 85.1 cm³/mol. The molecule has 11 heteroatoms. The second-order valence-electron chi connectivity index (χ2n) is 5.51. The Morgan fingerprint density at radius 2 is 1.76 bits per heavy atom. The van der Waals surface area contributed by atoms with Gasteiger partial charge in [0.15, 0.2) is 0 Å². The van der Waals surface area contributed by atoms with Gasteiger partial charge in [0.05, 0.1) is 18.7 Å². The third kappa shape index (κ3) is 3.63. The average Bonchev–Trinajstić information content (AvgIpc) is 2.54. The molecule has 3 rings (SSSR count). The van der Waals surface area contributed by atoms with Gasteiger partial charge in [-0.2, -0.15) is 13.2 Å². The Balaban J connectivity index is 1.74. The van der Waals surface area contributed by atoms with Crippen molar-refractivity contribution in [3.05, 3.63) is 49.9 Å². The smallest absolute Gasteiger partial charge is 0.358 e. The molecule has 134 valence electrons. The summed E-state index contributed by atoms with van der Waals surface area (Å²) in [5, 5.41) is -0.0230. The number of rotatable bonds is 2. The van der Waals surface area contributed by atoms with Gasteiger partial charge in [0.2, 0.25) is 0 Å². The standard InChI is InChI=1S/C14H13ClF3N5O2/c15-9-5-8(14(16,17)18)6-19-11(9)23-3-1-22(2-4-23)10-7-20-13(25)21-12(10)24/h5-7H,1-4H2,(H2,20,21,24,25)/p+1. The lowest BCUT2D eigenvalue weighted by atomic mass is 10.2. The molecule has 25 heavy (non-hydrogen) atoms. The number of halogens is 4. The number of hydrogen-bond donors (Lipinski definition) is 2. The second kappa shape index (κ2) is 6.43. The first-order valence-electron chi connectivity index (χ1n) is 7.36. The van der Waals surface area contributed by atoms with Crippen LogP contribution >= 0.6 is 11.6 Å². The number of aromatic nitrogens is 3. The topological polar surface area (TPSA) is 86.3 Å². The molecular formula is C14H14ClF3N5O2+. The lowest BCUT2D eigenvalue weighted by Gasteiger charge is -2.31. The van der Waals surface area contributed by atoms with Crippen molar-refractivity contribution in [2.75, 3.05) is 36.0 Å². The lowest BCUT2D eigenvalue weighted by Crippen LogP contribution is -2.49. The van der Waals surface area contributed by atoms with Crippen molar-refractivity contribution < 1.29 is 18.2 Å². The summed E-state index contributed by atoms with van der Waals surface area (Å²) in [6, 6.07) is 0.881. The Bertz CT molecular complexity index is 887. The maximum atomic E-state index is 12.7. The van der Waals surface area contributed by atoms with Gasteiger partial charge in [-0.1, -0.05) is 11.6 Å². The van der Waals surface area contributed by atoms with E-state index in [0.717, 1.165) is 12.3 Å². The van der Waals surface area contributed by atoms with E-state index in [0.29, 0.717) is 37.7 Å². The van der Waals surface area contributed by atoms with Gasteiger partial charge in [0, 0.05) is 6.20 Å². The summed E-state index contributed by atoms with van der Waals surface area (Å²) in [6.45, 7) is 1.78. The third-order valence-corrected chi connectivity index (χ3v) is 4.22. The lowest BCUT2D eigenvalue weighted by molar-refractivity contribution is -0.367. The van der Waals surface area contributed by atoms with E-state index in [9.17, 15) is 22.8 Å². The van der Waals surface area contributed by atoms with Crippen molar-refractivity contribution in [1.29, 1.82) is 0 Å². The molecule has 0 unspecified atom stereocenters. The molecule has 0 aliphatic carbocycles. The van der Waals surface area contributed by atoms with Crippen LogP contribution < -0.4 is 26.0 Å². The van der Waals surface area contributed by atoms with E-state index in [1.807, 2.05) is 0 Å². The van der Waals surface area contributed by atoms with E-state index in [1.54, 1.807) is 9.80 Å². The number of piperazine rings is 1. The van der Waals surface area contributed by atoms with Gasteiger partial charge >= 0.3 is 11.9 Å². The fourth-order valence-electron chi connectivity index (χ4n) is 2.68. The van der Waals surface area contributed by atoms with Crippen LogP contribution in [0.3, 0.4) is 0 Å². The largest absolute Gasteiger partial charge is 0.419 e. The summed E-state index contributed by atoms with van der Waals surface area (Å²) in [5.74, 6) is 0.393. The summed E-state index contributed by atoms with van der Waals surface area (Å²) >= 11 is 5.98. The van der Waals surface area contributed by atoms with E-state index in [-0.39, 0.29) is 5.02 Å². The van der Waals surface area contributed by atoms with Crippen LogP contribution in [0, 0.1) is 0 Å². The fraction of sp³-hybridized carbons (Fsp3) is 0.357. The minimum absolute atomic E-state index is 0.0230. The van der Waals surface area contributed by atoms with Crippen molar-refractivity contribution in [3.8, 4) is 0 Å². The zero-order valence-electron chi connectivity index (χ0n) is 12.8. The Labute approximate surface area is 144 Å². The van der Waals surface area contributed by atoms with Crippen LogP contribution in [0.25, 0.3) is 0 Å². The van der Waals surface area contributed by atoms with Gasteiger partial charge in [-0.3, -0.25) is 14.7 Å². The Morgan fingerprint density at radius 3 is 2.32 bits per heavy atom. The van der Waals surface area contributed by atoms with Gasteiger partial charge in [-0.15, -0.1) is 0 Å². The molecule has 1 aliphatic rings. The third-order valence-electron chi connectivity index (χ3n) is 3.94. The fourth-order valence-corrected chi connectivity index (χ4v) is 2.97. The monoisotopic (exact) mass is 376 g/mol. The van der Waals surface area contributed by atoms with Crippen LogP contribution in [0.2, 0.25) is 5.02 Å². The van der Waals surface area contributed by atoms with Gasteiger partial charge in [0.25, 0.3) is 11.4 Å². The van der Waals surface area contributed by atoms with Crippen molar-refractivity contribution in [3.63, 3.8) is 0 Å². The molecule has 0 spiro atoms. The van der Waals surface area contributed by atoms with Crippen LogP contribution in [0.15, 0.2) is 28.0 Å². The number of H-pyrrole nitrogens is 3. The summed E-state index contributed by atoms with van der Waals surface area (Å²) in [5.41, 5.74) is -1.59. The zero-order valence-corrected chi connectivity index (χ0v) is 13.5. The van der Waals surface area contributed by atoms with E-state index < -0.39 is 23.0 Å². The summed E-state index contributed by atoms with van der Waals surface area (Å²) in [6.07, 6.45) is -2.25. The first kappa shape index (κ1) is 17.3. The first-order valence-corrected chi connectivity index (χ1v) is 7.74. The summed E-state index contributed by atoms with van der Waals surface area (Å²) in [4.78, 5) is 33.6. The van der Waals surface area contributed by atoms with E-state index in [1.165, 1.54) is 6.20 Å². The first-order chi connectivity index (χ1) is 11.8. The van der Waals surface area contributed by atoms with Crippen LogP contribution in [-0.4, -0.2) is 36.1 Å². The minimum Gasteiger partial charge on any atom is -0.358 e. The SMILES string of the molecule is O=c1[nH]cc(N2CCN(c3[nH+]cc(C(F)(F)F)cc3Cl)CC2)c(=O)[nH]1. The zero-order chi connectivity index (χ0) is 18.2. The van der Waals surface area contributed by atoms with Crippen LogP contribution in [0.4, 0.5) is 24.7 Å². The second-order valence-corrected chi connectivity index (χ2v) is 5.92. The maximum absolute atomic E-state index is 12.7. The van der Waals surface area contributed by atoms with Crippen LogP contribution in [-0.2, 0) is 6.18 Å². The van der Waals surface area contributed by atoms with Crippen molar-refractivity contribution in [2.24, 2.45) is 0 Å². The molecule has 3 heterocycles. The number of anilines is 2. The highest BCUT2D eigenvalue weighted by Gasteiger charge is 2.34. The molecule has 0 amide bonds. The number of hydrogen-bond acceptors (Lipinski definition) is 4. The molecule has 2 aromatic rings. The van der Waals surface area contributed by atoms with Gasteiger partial charge in [0.1, 0.15) is 30.0 Å². The minimum atomic E-state index is -4.47. The van der Waals surface area contributed by atoms with E-state index >= 15 is 0 Å². The van der Waals surface area contributed by atoms with Gasteiger partial charge in [-0.25, -0.2) is 9.78 Å². The Morgan fingerprint density at radius 1 is 1.12 bits per heavy atom. The molecule has 0 saturated carbocycles. The summed E-state index contributed by atoms with van der Waals surface area (Å²) in [7, 11) is 0. The van der Waals surface area contributed by atoms with Crippen LogP contribution in [0.5, 0.6) is 0 Å². The number of nitrogens with one attached hydrogen (secondary N) is 3. The normalized spacial score (nSPS) is 15.5. The van der Waals surface area contributed by atoms with Gasteiger partial charge < -0.3 is 9.88 Å². The molecule has 7 nitrogen and oxygen atoms in total. The number of alkyl halides is 3. The highest BCUT2D eigenvalue weighted by molar-refractivity contribution is 6.32. The molecule has 0 radical (unpaired) electrons. The van der Waals surface area contributed by atoms with Crippen molar-refractivity contribution >= 4 is 23.1 Å². The number of aromatic amines is 3. The molecule has 2 aromatic heterocycles. The quantitative estimate of drug-likeness (QED) is 0.814. The molecule has 0 aromatic carbocycles. The molecule has 0 bridgehead atoms. The maximum Gasteiger partial charge on any atom is 0.419 e. The summed E-state index contributed by atoms with van der Waals surface area (Å²) < 4.78 is 38.1. The van der Waals surface area contributed by atoms with Gasteiger partial charge in [-0.05, 0) is 6.07 Å². The molecular weight excluding hydrogens is 363 g/mol. The molecule has 0 atom stereocenters. The Kier molecular flexibility index (Phi) is 4.46. The Hall–Kier alpha value is -2.49. The molecule has 1 fully saturated rings. The number of pyridine rings is 1. The average molecular weight is 377 g/mol. The number of nitrogens with zero attached hydrogens (tertiary/aromatic N) is 2. The molecule has 1 saturated heterocycles. The van der Waals surface area contributed by atoms with Crippen molar-refractivity contribution in [1.82, 2.24) is 9.97 Å². The van der Waals surface area contributed by atoms with E-state index in [2.05, 4.69) is 15.0 Å². The molecule has 3 N–H and O–H groups in total. The predicted octanol–water partition coefficient (Wildman–Crippen LogP) is 0.876. The van der Waals surface area contributed by atoms with Crippen LogP contribution in [0.1, 0.15) is 5.56 Å². The van der Waals surface area contributed by atoms with E-state index in [4.69, 9.17) is 11.6 Å². The molecule has 1 aliphatic heterocycles. The highest BCUT2D eigenvalue weighted by Crippen LogP contribution is 2.32. The highest BCUT2D eigenvalue weighted by atomic mass is 35.5.